The van der Waals surface area contributed by atoms with Crippen molar-refractivity contribution in [3.8, 4) is 0 Å². The maximum atomic E-state index is 11.7. The van der Waals surface area contributed by atoms with Crippen molar-refractivity contribution in [3.05, 3.63) is 35.4 Å². The van der Waals surface area contributed by atoms with Gasteiger partial charge >= 0.3 is 0 Å². The van der Waals surface area contributed by atoms with Gasteiger partial charge in [-0.25, -0.2) is 0 Å². The Labute approximate surface area is 104 Å². The maximum Gasteiger partial charge on any atom is 0.150 e. The predicted octanol–water partition coefficient (Wildman–Crippen LogP) is 4.02. The molecule has 0 saturated heterocycles. The Hall–Kier alpha value is -0.340. The van der Waals surface area contributed by atoms with Crippen molar-refractivity contribution >= 4 is 33.3 Å². The average molecular weight is 290 g/mol. The number of hydrogen-bond acceptors (Lipinski definition) is 1. The van der Waals surface area contributed by atoms with E-state index in [1.54, 1.807) is 0 Å². The summed E-state index contributed by atoms with van der Waals surface area (Å²) in [6.07, 6.45) is 1.28. The van der Waals surface area contributed by atoms with E-state index in [-0.39, 0.29) is 10.6 Å². The summed E-state index contributed by atoms with van der Waals surface area (Å²) in [7, 11) is 0. The highest BCUT2D eigenvalue weighted by Gasteiger charge is 2.17. The van der Waals surface area contributed by atoms with E-state index in [1.165, 1.54) is 0 Å². The highest BCUT2D eigenvalue weighted by molar-refractivity contribution is 9.09. The summed E-state index contributed by atoms with van der Waals surface area (Å²) >= 11 is 9.00. The third-order valence-electron chi connectivity index (χ3n) is 2.30. The second-order valence-electron chi connectivity index (χ2n) is 3.48. The molecule has 0 aliphatic carbocycles. The lowest BCUT2D eigenvalue weighted by Crippen LogP contribution is -2.07. The van der Waals surface area contributed by atoms with Crippen LogP contribution in [0.3, 0.4) is 0 Å². The molecule has 1 rings (SSSR count). The summed E-state index contributed by atoms with van der Waals surface area (Å²) in [5, 5.41) is 0. The number of alkyl halides is 2. The molecule has 1 unspecified atom stereocenters. The van der Waals surface area contributed by atoms with Crippen molar-refractivity contribution in [1.29, 1.82) is 0 Å². The molecule has 0 bridgehead atoms. The van der Waals surface area contributed by atoms with Gasteiger partial charge in [-0.1, -0.05) is 40.2 Å². The molecule has 15 heavy (non-hydrogen) atoms. The number of carbonyl (C=O) groups is 1. The van der Waals surface area contributed by atoms with Crippen LogP contribution in [0.2, 0.25) is 0 Å². The van der Waals surface area contributed by atoms with Crippen molar-refractivity contribution in [3.63, 3.8) is 0 Å². The molecule has 0 aliphatic rings. The largest absolute Gasteiger partial charge is 0.298 e. The monoisotopic (exact) mass is 288 g/mol. The molecule has 3 heteroatoms. The maximum absolute atomic E-state index is 11.7. The first-order valence-electron chi connectivity index (χ1n) is 4.95. The van der Waals surface area contributed by atoms with Gasteiger partial charge in [0.25, 0.3) is 0 Å². The standard InChI is InChI=1S/C12H14BrClO/c1-9-5-2-3-6-10(9)12(13)11(15)7-4-8-14/h2-3,5-6,12H,4,7-8H2,1H3. The number of hydrogen-bond donors (Lipinski definition) is 0. The zero-order chi connectivity index (χ0) is 11.3. The third kappa shape index (κ3) is 3.62. The molecule has 0 aliphatic heterocycles. The fraction of sp³-hybridized carbons (Fsp3) is 0.417. The summed E-state index contributed by atoms with van der Waals surface area (Å²) in [6.45, 7) is 2.01. The first kappa shape index (κ1) is 12.7. The normalized spacial score (nSPS) is 12.5. The summed E-state index contributed by atoms with van der Waals surface area (Å²) in [4.78, 5) is 11.6. The number of ketones is 1. The van der Waals surface area contributed by atoms with Crippen LogP contribution in [0.15, 0.2) is 24.3 Å². The molecule has 0 amide bonds. The van der Waals surface area contributed by atoms with Crippen molar-refractivity contribution in [2.24, 2.45) is 0 Å². The van der Waals surface area contributed by atoms with Crippen molar-refractivity contribution in [2.45, 2.75) is 24.6 Å². The topological polar surface area (TPSA) is 17.1 Å². The van der Waals surface area contributed by atoms with Gasteiger partial charge in [-0.2, -0.15) is 0 Å². The Morgan fingerprint density at radius 2 is 2.13 bits per heavy atom. The van der Waals surface area contributed by atoms with Crippen LogP contribution in [0.25, 0.3) is 0 Å². The molecule has 1 aromatic carbocycles. The van der Waals surface area contributed by atoms with E-state index < -0.39 is 0 Å². The summed E-state index contributed by atoms with van der Waals surface area (Å²) in [5.74, 6) is 0.740. The second kappa shape index (κ2) is 6.29. The van der Waals surface area contributed by atoms with E-state index in [0.717, 1.165) is 17.5 Å². The smallest absolute Gasteiger partial charge is 0.150 e. The number of aryl methyl sites for hydroxylation is 1. The van der Waals surface area contributed by atoms with E-state index >= 15 is 0 Å². The average Bonchev–Trinajstić information content (AvgIpc) is 2.25. The fourth-order valence-electron chi connectivity index (χ4n) is 1.41. The zero-order valence-electron chi connectivity index (χ0n) is 8.67. The van der Waals surface area contributed by atoms with Gasteiger partial charge in [0.2, 0.25) is 0 Å². The molecule has 1 atom stereocenters. The lowest BCUT2D eigenvalue weighted by molar-refractivity contribution is -0.118. The zero-order valence-corrected chi connectivity index (χ0v) is 11.0. The van der Waals surface area contributed by atoms with Gasteiger partial charge in [-0.3, -0.25) is 4.79 Å². The summed E-state index contributed by atoms with van der Waals surface area (Å²) in [5.41, 5.74) is 2.19. The van der Waals surface area contributed by atoms with Crippen LogP contribution < -0.4 is 0 Å². The molecule has 0 heterocycles. The number of benzene rings is 1. The molecule has 0 spiro atoms. The Morgan fingerprint density at radius 3 is 2.73 bits per heavy atom. The van der Waals surface area contributed by atoms with E-state index in [4.69, 9.17) is 11.6 Å². The third-order valence-corrected chi connectivity index (χ3v) is 3.57. The highest BCUT2D eigenvalue weighted by atomic mass is 79.9. The molecule has 0 saturated carbocycles. The SMILES string of the molecule is Cc1ccccc1C(Br)C(=O)CCCCl. The van der Waals surface area contributed by atoms with E-state index in [0.29, 0.717) is 12.3 Å². The van der Waals surface area contributed by atoms with Crippen LogP contribution in [-0.2, 0) is 4.79 Å². The number of halogens is 2. The second-order valence-corrected chi connectivity index (χ2v) is 4.77. The Morgan fingerprint density at radius 1 is 1.47 bits per heavy atom. The lowest BCUT2D eigenvalue weighted by atomic mass is 10.0. The molecule has 1 nitrogen and oxygen atoms in total. The van der Waals surface area contributed by atoms with Crippen molar-refractivity contribution < 1.29 is 4.79 Å². The Balaban J connectivity index is 2.72. The number of carbonyl (C=O) groups excluding carboxylic acids is 1. The lowest BCUT2D eigenvalue weighted by Gasteiger charge is -2.11. The first-order chi connectivity index (χ1) is 7.16. The molecule has 82 valence electrons. The first-order valence-corrected chi connectivity index (χ1v) is 6.40. The Kier molecular flexibility index (Phi) is 5.34. The molecular weight excluding hydrogens is 275 g/mol. The van der Waals surface area contributed by atoms with Gasteiger partial charge in [0.05, 0.1) is 4.83 Å². The van der Waals surface area contributed by atoms with E-state index in [9.17, 15) is 4.79 Å². The minimum absolute atomic E-state index is 0.193. The molecule has 0 radical (unpaired) electrons. The van der Waals surface area contributed by atoms with E-state index in [1.807, 2.05) is 31.2 Å². The van der Waals surface area contributed by atoms with Crippen LogP contribution in [0.4, 0.5) is 0 Å². The fourth-order valence-corrected chi connectivity index (χ4v) is 2.29. The predicted molar refractivity (Wildman–Crippen MR) is 67.8 cm³/mol. The van der Waals surface area contributed by atoms with E-state index in [2.05, 4.69) is 15.9 Å². The van der Waals surface area contributed by atoms with Gasteiger partial charge < -0.3 is 0 Å². The minimum atomic E-state index is -0.193. The van der Waals surface area contributed by atoms with Crippen LogP contribution in [0, 0.1) is 6.92 Å². The van der Waals surface area contributed by atoms with Crippen LogP contribution in [0.5, 0.6) is 0 Å². The van der Waals surface area contributed by atoms with Crippen molar-refractivity contribution in [1.82, 2.24) is 0 Å². The molecule has 0 aromatic heterocycles. The number of rotatable bonds is 5. The van der Waals surface area contributed by atoms with Gasteiger partial charge in [-0.15, -0.1) is 11.6 Å². The van der Waals surface area contributed by atoms with Crippen LogP contribution >= 0.6 is 27.5 Å². The Bertz CT molecular complexity index is 338. The summed E-state index contributed by atoms with van der Waals surface area (Å²) in [6, 6.07) is 7.92. The molecule has 1 aromatic rings. The van der Waals surface area contributed by atoms with Crippen LogP contribution in [0.1, 0.15) is 28.8 Å². The van der Waals surface area contributed by atoms with Gasteiger partial charge in [0.1, 0.15) is 0 Å². The van der Waals surface area contributed by atoms with Gasteiger partial charge in [0, 0.05) is 12.3 Å². The quantitative estimate of drug-likeness (QED) is 0.748. The van der Waals surface area contributed by atoms with Crippen LogP contribution in [-0.4, -0.2) is 11.7 Å². The summed E-state index contributed by atoms with van der Waals surface area (Å²) < 4.78 is 0. The molecular formula is C12H14BrClO. The van der Waals surface area contributed by atoms with Crippen molar-refractivity contribution in [2.75, 3.05) is 5.88 Å². The van der Waals surface area contributed by atoms with Gasteiger partial charge in [-0.05, 0) is 24.5 Å². The number of Topliss-reactive ketones (excluding diaryl/α,β-unsaturated/α-hetero) is 1. The van der Waals surface area contributed by atoms with Gasteiger partial charge in [0.15, 0.2) is 5.78 Å². The minimum Gasteiger partial charge on any atom is -0.298 e. The molecule has 0 N–H and O–H groups in total. The highest BCUT2D eigenvalue weighted by Crippen LogP contribution is 2.27. The molecule has 0 fully saturated rings.